The molecule has 2 aliphatic rings. The van der Waals surface area contributed by atoms with Gasteiger partial charge < -0.3 is 10.2 Å². The second-order valence-corrected chi connectivity index (χ2v) is 7.62. The van der Waals surface area contributed by atoms with Crippen LogP contribution in [0.4, 0.5) is 0 Å². The van der Waals surface area contributed by atoms with Gasteiger partial charge in [-0.3, -0.25) is 4.79 Å². The highest BCUT2D eigenvalue weighted by Gasteiger charge is 2.35. The Labute approximate surface area is 131 Å². The van der Waals surface area contributed by atoms with Crippen molar-refractivity contribution in [3.8, 4) is 0 Å². The van der Waals surface area contributed by atoms with Gasteiger partial charge in [0.2, 0.25) is 5.91 Å². The first kappa shape index (κ1) is 15.0. The molecule has 2 fully saturated rings. The van der Waals surface area contributed by atoms with Crippen molar-refractivity contribution in [1.29, 1.82) is 0 Å². The summed E-state index contributed by atoms with van der Waals surface area (Å²) in [4.78, 5) is 17.0. The van der Waals surface area contributed by atoms with E-state index in [0.717, 1.165) is 45.2 Å². The number of rotatable bonds is 5. The van der Waals surface area contributed by atoms with E-state index in [-0.39, 0.29) is 0 Å². The minimum absolute atomic E-state index is 0.368. The van der Waals surface area contributed by atoms with Crippen LogP contribution >= 0.6 is 11.3 Å². The van der Waals surface area contributed by atoms with Crippen molar-refractivity contribution >= 4 is 17.2 Å². The number of nitrogens with one attached hydrogen (secondary N) is 1. The van der Waals surface area contributed by atoms with Crippen LogP contribution in [-0.4, -0.2) is 29.9 Å². The molecule has 1 amide bonds. The van der Waals surface area contributed by atoms with E-state index in [4.69, 9.17) is 0 Å². The van der Waals surface area contributed by atoms with Crippen LogP contribution in [0, 0.1) is 5.92 Å². The predicted molar refractivity (Wildman–Crippen MR) is 87.6 cm³/mol. The fourth-order valence-corrected chi connectivity index (χ4v) is 4.07. The van der Waals surface area contributed by atoms with Gasteiger partial charge in [0.15, 0.2) is 0 Å². The van der Waals surface area contributed by atoms with E-state index in [1.807, 2.05) is 11.3 Å². The number of thiophene rings is 1. The molecular weight excluding hydrogens is 280 g/mol. The molecule has 1 unspecified atom stereocenters. The Kier molecular flexibility index (Phi) is 4.65. The summed E-state index contributed by atoms with van der Waals surface area (Å²) in [6, 6.07) is 5.48. The number of piperidine rings is 1. The van der Waals surface area contributed by atoms with E-state index in [9.17, 15) is 4.79 Å². The number of nitrogens with zero attached hydrogens (tertiary/aromatic N) is 1. The molecule has 3 rings (SSSR count). The second-order valence-electron chi connectivity index (χ2n) is 6.42. The van der Waals surface area contributed by atoms with Crippen LogP contribution in [0.15, 0.2) is 12.1 Å². The Hall–Kier alpha value is -0.870. The Balaban J connectivity index is 1.47. The summed E-state index contributed by atoms with van der Waals surface area (Å²) >= 11 is 1.92. The minimum Gasteiger partial charge on any atom is -0.342 e. The predicted octanol–water partition coefficient (Wildman–Crippen LogP) is 3.36. The number of likely N-dealkylation sites (tertiary alicyclic amines) is 1. The molecule has 1 atom stereocenters. The Morgan fingerprint density at radius 1 is 1.33 bits per heavy atom. The average molecular weight is 306 g/mol. The highest BCUT2D eigenvalue weighted by Crippen LogP contribution is 2.32. The van der Waals surface area contributed by atoms with Crippen molar-refractivity contribution in [3.05, 3.63) is 21.9 Å². The zero-order valence-corrected chi connectivity index (χ0v) is 13.9. The second kappa shape index (κ2) is 6.49. The van der Waals surface area contributed by atoms with Crippen LogP contribution in [0.25, 0.3) is 0 Å². The molecule has 1 saturated heterocycles. The number of aryl methyl sites for hydroxylation is 1. The van der Waals surface area contributed by atoms with Crippen LogP contribution in [0.3, 0.4) is 0 Å². The van der Waals surface area contributed by atoms with Crippen LogP contribution in [-0.2, 0) is 11.2 Å². The van der Waals surface area contributed by atoms with Crippen molar-refractivity contribution in [3.63, 3.8) is 0 Å². The van der Waals surface area contributed by atoms with Crippen molar-refractivity contribution in [2.75, 3.05) is 13.1 Å². The third-order valence-corrected chi connectivity index (χ3v) is 6.09. The van der Waals surface area contributed by atoms with E-state index in [0.29, 0.717) is 23.9 Å². The van der Waals surface area contributed by atoms with Crippen LogP contribution in [0.2, 0.25) is 0 Å². The van der Waals surface area contributed by atoms with Gasteiger partial charge in [-0.2, -0.15) is 0 Å². The number of carbonyl (C=O) groups is 1. The molecule has 1 aromatic rings. The third-order valence-electron chi connectivity index (χ3n) is 4.68. The van der Waals surface area contributed by atoms with Gasteiger partial charge in [0, 0.05) is 40.8 Å². The lowest BCUT2D eigenvalue weighted by Crippen LogP contribution is -2.45. The zero-order chi connectivity index (χ0) is 14.8. The lowest BCUT2D eigenvalue weighted by Gasteiger charge is -2.34. The van der Waals surface area contributed by atoms with Gasteiger partial charge in [0.05, 0.1) is 0 Å². The molecule has 0 bridgehead atoms. The maximum atomic E-state index is 12.1. The fraction of sp³-hybridized carbons (Fsp3) is 0.706. The standard InChI is InChI=1S/C17H26N2OS/c1-3-15-6-7-16(21-15)12(2)18-14-8-10-19(11-9-14)17(20)13-4-5-13/h6-7,12-14,18H,3-5,8-11H2,1-2H3. The lowest BCUT2D eigenvalue weighted by molar-refractivity contribution is -0.133. The molecule has 1 aromatic heterocycles. The average Bonchev–Trinajstić information content (AvgIpc) is 3.24. The Morgan fingerprint density at radius 2 is 2.05 bits per heavy atom. The fourth-order valence-electron chi connectivity index (χ4n) is 3.11. The number of hydrogen-bond donors (Lipinski definition) is 1. The summed E-state index contributed by atoms with van der Waals surface area (Å²) in [5.41, 5.74) is 0. The molecular formula is C17H26N2OS. The molecule has 0 spiro atoms. The smallest absolute Gasteiger partial charge is 0.225 e. The first-order valence-corrected chi connectivity index (χ1v) is 9.12. The summed E-state index contributed by atoms with van der Waals surface area (Å²) in [5, 5.41) is 3.75. The van der Waals surface area contributed by atoms with Crippen LogP contribution < -0.4 is 5.32 Å². The topological polar surface area (TPSA) is 32.3 Å². The Bertz CT molecular complexity index is 487. The number of amides is 1. The van der Waals surface area contributed by atoms with Crippen LogP contribution in [0.1, 0.15) is 55.3 Å². The molecule has 1 saturated carbocycles. The summed E-state index contributed by atoms with van der Waals surface area (Å²) in [7, 11) is 0. The van der Waals surface area contributed by atoms with E-state index < -0.39 is 0 Å². The van der Waals surface area contributed by atoms with Crippen molar-refractivity contribution < 1.29 is 4.79 Å². The van der Waals surface area contributed by atoms with Gasteiger partial charge in [0.1, 0.15) is 0 Å². The van der Waals surface area contributed by atoms with Gasteiger partial charge in [-0.1, -0.05) is 6.92 Å². The molecule has 1 aliphatic heterocycles. The summed E-state index contributed by atoms with van der Waals surface area (Å²) in [5.74, 6) is 0.777. The first-order chi connectivity index (χ1) is 10.2. The van der Waals surface area contributed by atoms with Gasteiger partial charge >= 0.3 is 0 Å². The van der Waals surface area contributed by atoms with Crippen LogP contribution in [0.5, 0.6) is 0 Å². The van der Waals surface area contributed by atoms with E-state index in [1.165, 1.54) is 9.75 Å². The molecule has 1 aliphatic carbocycles. The van der Waals surface area contributed by atoms with Crippen molar-refractivity contribution in [2.24, 2.45) is 5.92 Å². The molecule has 4 heteroatoms. The zero-order valence-electron chi connectivity index (χ0n) is 13.1. The monoisotopic (exact) mass is 306 g/mol. The highest BCUT2D eigenvalue weighted by atomic mass is 32.1. The summed E-state index contributed by atoms with van der Waals surface area (Å²) in [6.07, 6.45) is 5.54. The SMILES string of the molecule is CCc1ccc(C(C)NC2CCN(C(=O)C3CC3)CC2)s1. The molecule has 21 heavy (non-hydrogen) atoms. The Morgan fingerprint density at radius 3 is 2.62 bits per heavy atom. The van der Waals surface area contributed by atoms with E-state index >= 15 is 0 Å². The number of carbonyl (C=O) groups excluding carboxylic acids is 1. The van der Waals surface area contributed by atoms with Crippen molar-refractivity contribution in [1.82, 2.24) is 10.2 Å². The normalized spacial score (nSPS) is 21.5. The maximum Gasteiger partial charge on any atom is 0.225 e. The van der Waals surface area contributed by atoms with Gasteiger partial charge in [-0.15, -0.1) is 11.3 Å². The quantitative estimate of drug-likeness (QED) is 0.904. The molecule has 3 nitrogen and oxygen atoms in total. The number of hydrogen-bond acceptors (Lipinski definition) is 3. The largest absolute Gasteiger partial charge is 0.342 e. The third kappa shape index (κ3) is 3.67. The van der Waals surface area contributed by atoms with Gasteiger partial charge in [-0.05, 0) is 51.2 Å². The highest BCUT2D eigenvalue weighted by molar-refractivity contribution is 7.12. The van der Waals surface area contributed by atoms with Crippen molar-refractivity contribution in [2.45, 2.75) is 58.0 Å². The van der Waals surface area contributed by atoms with E-state index in [2.05, 4.69) is 36.2 Å². The molecule has 116 valence electrons. The molecule has 1 N–H and O–H groups in total. The first-order valence-electron chi connectivity index (χ1n) is 8.30. The maximum absolute atomic E-state index is 12.1. The summed E-state index contributed by atoms with van der Waals surface area (Å²) in [6.45, 7) is 6.34. The minimum atomic E-state index is 0.368. The summed E-state index contributed by atoms with van der Waals surface area (Å²) < 4.78 is 0. The molecule has 0 radical (unpaired) electrons. The van der Waals surface area contributed by atoms with Gasteiger partial charge in [-0.25, -0.2) is 0 Å². The van der Waals surface area contributed by atoms with E-state index in [1.54, 1.807) is 0 Å². The lowest BCUT2D eigenvalue weighted by atomic mass is 10.0. The molecule has 0 aromatic carbocycles. The van der Waals surface area contributed by atoms with Gasteiger partial charge in [0.25, 0.3) is 0 Å². The molecule has 2 heterocycles.